The van der Waals surface area contributed by atoms with E-state index in [-0.39, 0.29) is 11.9 Å². The number of amides is 1. The molecule has 0 saturated carbocycles. The van der Waals surface area contributed by atoms with E-state index in [1.54, 1.807) is 6.07 Å². The highest BCUT2D eigenvalue weighted by molar-refractivity contribution is 5.94. The van der Waals surface area contributed by atoms with E-state index < -0.39 is 0 Å². The number of nitrogens with zero attached hydrogens (tertiary/aromatic N) is 3. The number of rotatable bonds is 4. The van der Waals surface area contributed by atoms with Crippen molar-refractivity contribution in [2.45, 2.75) is 38.8 Å². The second kappa shape index (κ2) is 7.53. The lowest BCUT2D eigenvalue weighted by Crippen LogP contribution is -2.45. The quantitative estimate of drug-likeness (QED) is 0.939. The number of aryl methyl sites for hydroxylation is 1. The first-order valence-corrected chi connectivity index (χ1v) is 8.52. The van der Waals surface area contributed by atoms with Crippen LogP contribution in [-0.2, 0) is 0 Å². The second-order valence-electron chi connectivity index (χ2n) is 6.46. The van der Waals surface area contributed by atoms with E-state index in [2.05, 4.69) is 51.6 Å². The number of piperidine rings is 1. The maximum Gasteiger partial charge on any atom is 0.253 e. The molecular formula is C19H24N4O. The van der Waals surface area contributed by atoms with Gasteiger partial charge >= 0.3 is 0 Å². The highest BCUT2D eigenvalue weighted by Crippen LogP contribution is 2.24. The smallest absolute Gasteiger partial charge is 0.253 e. The Morgan fingerprint density at radius 2 is 1.96 bits per heavy atom. The van der Waals surface area contributed by atoms with Gasteiger partial charge in [0.15, 0.2) is 0 Å². The van der Waals surface area contributed by atoms with Crippen LogP contribution in [0.25, 0.3) is 0 Å². The van der Waals surface area contributed by atoms with Crippen LogP contribution in [0.4, 0.5) is 0 Å². The number of aromatic nitrogens is 2. The summed E-state index contributed by atoms with van der Waals surface area (Å²) in [7, 11) is 0. The van der Waals surface area contributed by atoms with E-state index in [1.165, 1.54) is 11.8 Å². The summed E-state index contributed by atoms with van der Waals surface area (Å²) in [6.45, 7) is 6.08. The molecule has 1 saturated heterocycles. The fourth-order valence-electron chi connectivity index (χ4n) is 3.24. The number of hydrogen-bond acceptors (Lipinski definition) is 4. The topological polar surface area (TPSA) is 58.1 Å². The fourth-order valence-corrected chi connectivity index (χ4v) is 3.24. The van der Waals surface area contributed by atoms with Crippen LogP contribution < -0.4 is 5.32 Å². The predicted molar refractivity (Wildman–Crippen MR) is 93.7 cm³/mol. The van der Waals surface area contributed by atoms with Gasteiger partial charge < -0.3 is 5.32 Å². The van der Waals surface area contributed by atoms with Gasteiger partial charge in [0.25, 0.3) is 5.91 Å². The SMILES string of the molecule is Cc1cc(C(=O)NC2CCN(C(C)c3ccccc3)CC2)cnn1. The fraction of sp³-hybridized carbons (Fsp3) is 0.421. The minimum Gasteiger partial charge on any atom is -0.349 e. The van der Waals surface area contributed by atoms with Crippen LogP contribution in [0.5, 0.6) is 0 Å². The summed E-state index contributed by atoms with van der Waals surface area (Å²) in [6, 6.07) is 13.0. The predicted octanol–water partition coefficient (Wildman–Crippen LogP) is 2.74. The van der Waals surface area contributed by atoms with Gasteiger partial charge in [0.2, 0.25) is 0 Å². The van der Waals surface area contributed by atoms with E-state index in [9.17, 15) is 4.79 Å². The van der Waals surface area contributed by atoms with Gasteiger partial charge in [-0.05, 0) is 38.3 Å². The highest BCUT2D eigenvalue weighted by Gasteiger charge is 2.24. The van der Waals surface area contributed by atoms with Crippen molar-refractivity contribution in [3.63, 3.8) is 0 Å². The Morgan fingerprint density at radius 1 is 1.25 bits per heavy atom. The molecule has 5 heteroatoms. The van der Waals surface area contributed by atoms with Gasteiger partial charge in [0, 0.05) is 25.2 Å². The zero-order valence-corrected chi connectivity index (χ0v) is 14.3. The van der Waals surface area contributed by atoms with Crippen molar-refractivity contribution in [1.29, 1.82) is 0 Å². The zero-order chi connectivity index (χ0) is 16.9. The lowest BCUT2D eigenvalue weighted by molar-refractivity contribution is 0.0895. The Balaban J connectivity index is 1.53. The Hall–Kier alpha value is -2.27. The molecule has 0 aliphatic carbocycles. The first-order valence-electron chi connectivity index (χ1n) is 8.52. The molecule has 0 spiro atoms. The molecular weight excluding hydrogens is 300 g/mol. The summed E-state index contributed by atoms with van der Waals surface area (Å²) >= 11 is 0. The summed E-state index contributed by atoms with van der Waals surface area (Å²) in [5, 5.41) is 10.9. The van der Waals surface area contributed by atoms with Crippen molar-refractivity contribution < 1.29 is 4.79 Å². The lowest BCUT2D eigenvalue weighted by atomic mass is 10.00. The van der Waals surface area contributed by atoms with Crippen LogP contribution in [0, 0.1) is 6.92 Å². The van der Waals surface area contributed by atoms with E-state index in [0.29, 0.717) is 11.6 Å². The summed E-state index contributed by atoms with van der Waals surface area (Å²) < 4.78 is 0. The second-order valence-corrected chi connectivity index (χ2v) is 6.46. The molecule has 1 aromatic carbocycles. The third-order valence-electron chi connectivity index (χ3n) is 4.73. The van der Waals surface area contributed by atoms with E-state index in [4.69, 9.17) is 0 Å². The molecule has 1 aliphatic heterocycles. The van der Waals surface area contributed by atoms with Gasteiger partial charge in [-0.3, -0.25) is 9.69 Å². The Morgan fingerprint density at radius 3 is 2.62 bits per heavy atom. The van der Waals surface area contributed by atoms with Gasteiger partial charge in [-0.25, -0.2) is 0 Å². The number of carbonyl (C=O) groups is 1. The molecule has 5 nitrogen and oxygen atoms in total. The third-order valence-corrected chi connectivity index (χ3v) is 4.73. The molecule has 1 unspecified atom stereocenters. The van der Waals surface area contributed by atoms with Crippen molar-refractivity contribution in [3.8, 4) is 0 Å². The van der Waals surface area contributed by atoms with E-state index in [0.717, 1.165) is 31.6 Å². The summed E-state index contributed by atoms with van der Waals surface area (Å²) in [4.78, 5) is 14.8. The lowest BCUT2D eigenvalue weighted by Gasteiger charge is -2.36. The molecule has 0 radical (unpaired) electrons. The van der Waals surface area contributed by atoms with Crippen molar-refractivity contribution in [2.24, 2.45) is 0 Å². The molecule has 1 N–H and O–H groups in total. The first-order chi connectivity index (χ1) is 11.6. The van der Waals surface area contributed by atoms with Crippen LogP contribution >= 0.6 is 0 Å². The summed E-state index contributed by atoms with van der Waals surface area (Å²) in [5.74, 6) is -0.0532. The van der Waals surface area contributed by atoms with Gasteiger partial charge in [-0.2, -0.15) is 10.2 Å². The molecule has 0 bridgehead atoms. The standard InChI is InChI=1S/C19H24N4O/c1-14-12-17(13-20-22-14)19(24)21-18-8-10-23(11-9-18)15(2)16-6-4-3-5-7-16/h3-7,12-13,15,18H,8-11H2,1-2H3,(H,21,24). The van der Waals surface area contributed by atoms with Crippen LogP contribution in [0.15, 0.2) is 42.6 Å². The number of hydrogen-bond donors (Lipinski definition) is 1. The number of benzene rings is 1. The largest absolute Gasteiger partial charge is 0.349 e. The van der Waals surface area contributed by atoms with Crippen LogP contribution in [0.3, 0.4) is 0 Å². The third kappa shape index (κ3) is 3.97. The average molecular weight is 324 g/mol. The highest BCUT2D eigenvalue weighted by atomic mass is 16.1. The number of likely N-dealkylation sites (tertiary alicyclic amines) is 1. The van der Waals surface area contributed by atoms with Gasteiger partial charge in [0.05, 0.1) is 17.5 Å². The number of nitrogens with one attached hydrogen (secondary N) is 1. The monoisotopic (exact) mass is 324 g/mol. The minimum absolute atomic E-state index is 0.0532. The first kappa shape index (κ1) is 16.6. The van der Waals surface area contributed by atoms with Crippen molar-refractivity contribution in [1.82, 2.24) is 20.4 Å². The Labute approximate surface area is 143 Å². The van der Waals surface area contributed by atoms with Crippen molar-refractivity contribution >= 4 is 5.91 Å². The van der Waals surface area contributed by atoms with E-state index >= 15 is 0 Å². The summed E-state index contributed by atoms with van der Waals surface area (Å²) in [6.07, 6.45) is 3.47. The van der Waals surface area contributed by atoms with Crippen molar-refractivity contribution in [2.75, 3.05) is 13.1 Å². The molecule has 2 aromatic rings. The molecule has 24 heavy (non-hydrogen) atoms. The molecule has 3 rings (SSSR count). The maximum absolute atomic E-state index is 12.3. The van der Waals surface area contributed by atoms with E-state index in [1.807, 2.05) is 13.0 Å². The Kier molecular flexibility index (Phi) is 5.20. The average Bonchev–Trinajstić information content (AvgIpc) is 2.62. The molecule has 1 amide bonds. The molecule has 2 heterocycles. The van der Waals surface area contributed by atoms with Gasteiger partial charge in [-0.15, -0.1) is 0 Å². The molecule has 1 atom stereocenters. The molecule has 1 aromatic heterocycles. The molecule has 126 valence electrons. The van der Waals surface area contributed by atoms with Crippen LogP contribution in [0.2, 0.25) is 0 Å². The van der Waals surface area contributed by atoms with Crippen molar-refractivity contribution in [3.05, 3.63) is 59.4 Å². The van der Waals surface area contributed by atoms with Gasteiger partial charge in [0.1, 0.15) is 0 Å². The molecule has 1 aliphatic rings. The Bertz CT molecular complexity index is 681. The summed E-state index contributed by atoms with van der Waals surface area (Å²) in [5.41, 5.74) is 2.69. The normalized spacial score (nSPS) is 17.4. The number of carbonyl (C=O) groups excluding carboxylic acids is 1. The maximum atomic E-state index is 12.3. The van der Waals surface area contributed by atoms with Crippen LogP contribution in [-0.4, -0.2) is 40.1 Å². The zero-order valence-electron chi connectivity index (χ0n) is 14.3. The van der Waals surface area contributed by atoms with Gasteiger partial charge in [-0.1, -0.05) is 30.3 Å². The van der Waals surface area contributed by atoms with Crippen LogP contribution in [0.1, 0.15) is 47.4 Å². The minimum atomic E-state index is -0.0532. The molecule has 1 fully saturated rings.